The van der Waals surface area contributed by atoms with E-state index in [9.17, 15) is 14.9 Å². The van der Waals surface area contributed by atoms with Gasteiger partial charge in [0.25, 0.3) is 0 Å². The van der Waals surface area contributed by atoms with E-state index in [4.69, 9.17) is 5.11 Å². The highest BCUT2D eigenvalue weighted by Gasteiger charge is 2.26. The molecule has 1 rings (SSSR count). The molecule has 8 nitrogen and oxygen atoms in total. The molecule has 1 aromatic heterocycles. The lowest BCUT2D eigenvalue weighted by atomic mass is 10.3. The van der Waals surface area contributed by atoms with Gasteiger partial charge < -0.3 is 10.4 Å². The third kappa shape index (κ3) is 2.96. The van der Waals surface area contributed by atoms with E-state index < -0.39 is 10.9 Å². The van der Waals surface area contributed by atoms with Gasteiger partial charge in [-0.3, -0.25) is 14.9 Å². The molecule has 0 aromatic carbocycles. The van der Waals surface area contributed by atoms with Crippen LogP contribution in [0.5, 0.6) is 0 Å². The van der Waals surface area contributed by atoms with Crippen molar-refractivity contribution >= 4 is 17.5 Å². The van der Waals surface area contributed by atoms with Gasteiger partial charge >= 0.3 is 11.7 Å². The van der Waals surface area contributed by atoms with Crippen LogP contribution in [0.15, 0.2) is 0 Å². The lowest BCUT2D eigenvalue weighted by Crippen LogP contribution is -2.14. The molecule has 0 fully saturated rings. The van der Waals surface area contributed by atoms with Gasteiger partial charge in [0.1, 0.15) is 5.69 Å². The Morgan fingerprint density at radius 3 is 2.67 bits per heavy atom. The van der Waals surface area contributed by atoms with Crippen LogP contribution in [0.1, 0.15) is 32.0 Å². The van der Waals surface area contributed by atoms with Gasteiger partial charge in [-0.05, 0) is 20.8 Å². The maximum absolute atomic E-state index is 11.0. The average molecular weight is 256 g/mol. The second kappa shape index (κ2) is 5.48. The van der Waals surface area contributed by atoms with Crippen molar-refractivity contribution in [1.82, 2.24) is 9.78 Å². The van der Waals surface area contributed by atoms with Crippen LogP contribution >= 0.6 is 0 Å². The third-order valence-corrected chi connectivity index (χ3v) is 2.36. The van der Waals surface area contributed by atoms with Crippen molar-refractivity contribution in [3.63, 3.8) is 0 Å². The maximum atomic E-state index is 11.0. The molecule has 2 N–H and O–H groups in total. The third-order valence-electron chi connectivity index (χ3n) is 2.36. The summed E-state index contributed by atoms with van der Waals surface area (Å²) in [5.41, 5.74) is 0.209. The van der Waals surface area contributed by atoms with E-state index in [1.165, 1.54) is 4.68 Å². The molecule has 0 aliphatic heterocycles. The van der Waals surface area contributed by atoms with Crippen LogP contribution < -0.4 is 5.32 Å². The van der Waals surface area contributed by atoms with Crippen molar-refractivity contribution in [2.75, 3.05) is 11.9 Å². The Labute approximate surface area is 104 Å². The molecule has 0 atom stereocenters. The fourth-order valence-corrected chi connectivity index (χ4v) is 1.58. The SMILES string of the molecule is Cc1nn(C(C)C)c(NCCC(=O)O)c1[N+](=O)[O-]. The highest BCUT2D eigenvalue weighted by molar-refractivity contribution is 5.68. The number of carbonyl (C=O) groups is 1. The zero-order chi connectivity index (χ0) is 13.9. The molecular weight excluding hydrogens is 240 g/mol. The summed E-state index contributed by atoms with van der Waals surface area (Å²) in [7, 11) is 0. The fraction of sp³-hybridized carbons (Fsp3) is 0.600. The van der Waals surface area contributed by atoms with Gasteiger partial charge in [-0.2, -0.15) is 5.10 Å². The highest BCUT2D eigenvalue weighted by atomic mass is 16.6. The largest absolute Gasteiger partial charge is 0.481 e. The molecule has 1 aromatic rings. The first-order valence-electron chi connectivity index (χ1n) is 5.53. The Hall–Kier alpha value is -2.12. The number of carboxylic acid groups (broad SMARTS) is 1. The van der Waals surface area contributed by atoms with Gasteiger partial charge in [-0.25, -0.2) is 4.68 Å². The molecule has 0 saturated carbocycles. The number of carboxylic acids is 1. The zero-order valence-electron chi connectivity index (χ0n) is 10.5. The van der Waals surface area contributed by atoms with E-state index in [-0.39, 0.29) is 30.5 Å². The van der Waals surface area contributed by atoms with E-state index in [1.807, 2.05) is 13.8 Å². The van der Waals surface area contributed by atoms with Crippen molar-refractivity contribution in [1.29, 1.82) is 0 Å². The number of hydrogen-bond acceptors (Lipinski definition) is 5. The lowest BCUT2D eigenvalue weighted by Gasteiger charge is -2.11. The van der Waals surface area contributed by atoms with E-state index >= 15 is 0 Å². The van der Waals surface area contributed by atoms with Crippen molar-refractivity contribution in [2.45, 2.75) is 33.2 Å². The number of anilines is 1. The number of nitrogens with one attached hydrogen (secondary N) is 1. The molecule has 18 heavy (non-hydrogen) atoms. The first-order valence-corrected chi connectivity index (χ1v) is 5.53. The van der Waals surface area contributed by atoms with Gasteiger partial charge in [0.15, 0.2) is 0 Å². The van der Waals surface area contributed by atoms with Crippen LogP contribution in [0.3, 0.4) is 0 Å². The van der Waals surface area contributed by atoms with E-state index in [0.29, 0.717) is 5.69 Å². The predicted octanol–water partition coefficient (Wildman–Crippen LogP) is 1.57. The molecule has 0 amide bonds. The average Bonchev–Trinajstić information content (AvgIpc) is 2.55. The summed E-state index contributed by atoms with van der Waals surface area (Å²) in [6.07, 6.45) is -0.112. The van der Waals surface area contributed by atoms with Gasteiger partial charge in [-0.15, -0.1) is 0 Å². The van der Waals surface area contributed by atoms with Crippen molar-refractivity contribution in [3.8, 4) is 0 Å². The summed E-state index contributed by atoms with van der Waals surface area (Å²) in [5.74, 6) is -0.703. The standard InChI is InChI=1S/C10H16N4O4/c1-6(2)13-10(11-5-4-8(15)16)9(14(17)18)7(3)12-13/h6,11H,4-5H2,1-3H3,(H,15,16). The van der Waals surface area contributed by atoms with E-state index in [1.54, 1.807) is 6.92 Å². The summed E-state index contributed by atoms with van der Waals surface area (Å²) in [6, 6.07) is -0.0512. The van der Waals surface area contributed by atoms with E-state index in [0.717, 1.165) is 0 Å². The Bertz CT molecular complexity index is 467. The molecule has 0 radical (unpaired) electrons. The minimum absolute atomic E-state index is 0.0512. The first-order chi connectivity index (χ1) is 8.34. The summed E-state index contributed by atoms with van der Waals surface area (Å²) >= 11 is 0. The summed E-state index contributed by atoms with van der Waals surface area (Å²) in [6.45, 7) is 5.37. The van der Waals surface area contributed by atoms with Crippen LogP contribution in [0, 0.1) is 17.0 Å². The molecule has 0 bridgehead atoms. The lowest BCUT2D eigenvalue weighted by molar-refractivity contribution is -0.384. The molecular formula is C10H16N4O4. The quantitative estimate of drug-likeness (QED) is 0.590. The van der Waals surface area contributed by atoms with Crippen molar-refractivity contribution < 1.29 is 14.8 Å². The van der Waals surface area contributed by atoms with Crippen molar-refractivity contribution in [3.05, 3.63) is 15.8 Å². The Balaban J connectivity index is 3.04. The molecule has 0 aliphatic rings. The highest BCUT2D eigenvalue weighted by Crippen LogP contribution is 2.30. The van der Waals surface area contributed by atoms with Gasteiger partial charge in [0.05, 0.1) is 11.3 Å². The van der Waals surface area contributed by atoms with Gasteiger partial charge in [0.2, 0.25) is 5.82 Å². The predicted molar refractivity (Wildman–Crippen MR) is 64.7 cm³/mol. The molecule has 100 valence electrons. The zero-order valence-corrected chi connectivity index (χ0v) is 10.5. The topological polar surface area (TPSA) is 110 Å². The van der Waals surface area contributed by atoms with Crippen LogP contribution in [0.2, 0.25) is 0 Å². The molecule has 1 heterocycles. The number of aryl methyl sites for hydroxylation is 1. The first kappa shape index (κ1) is 13.9. The van der Waals surface area contributed by atoms with Gasteiger partial charge in [-0.1, -0.05) is 0 Å². The minimum atomic E-state index is -0.961. The number of nitrogens with zero attached hydrogens (tertiary/aromatic N) is 3. The smallest absolute Gasteiger partial charge is 0.333 e. The Kier molecular flexibility index (Phi) is 4.24. The number of hydrogen-bond donors (Lipinski definition) is 2. The summed E-state index contributed by atoms with van der Waals surface area (Å²) in [4.78, 5) is 20.9. The molecule has 0 unspecified atom stereocenters. The molecule has 0 spiro atoms. The fourth-order valence-electron chi connectivity index (χ4n) is 1.58. The van der Waals surface area contributed by atoms with Crippen molar-refractivity contribution in [2.24, 2.45) is 0 Å². The monoisotopic (exact) mass is 256 g/mol. The van der Waals surface area contributed by atoms with Crippen LogP contribution in [-0.4, -0.2) is 32.3 Å². The Morgan fingerprint density at radius 2 is 2.22 bits per heavy atom. The summed E-state index contributed by atoms with van der Waals surface area (Å²) < 4.78 is 1.50. The normalized spacial score (nSPS) is 10.7. The van der Waals surface area contributed by atoms with Crippen LogP contribution in [0.4, 0.5) is 11.5 Å². The van der Waals surface area contributed by atoms with E-state index in [2.05, 4.69) is 10.4 Å². The number of rotatable bonds is 6. The number of aromatic nitrogens is 2. The molecule has 8 heteroatoms. The number of nitro groups is 1. The minimum Gasteiger partial charge on any atom is -0.481 e. The van der Waals surface area contributed by atoms with Crippen LogP contribution in [-0.2, 0) is 4.79 Å². The van der Waals surface area contributed by atoms with Gasteiger partial charge in [0, 0.05) is 12.6 Å². The molecule has 0 saturated heterocycles. The second-order valence-electron chi connectivity index (χ2n) is 4.15. The van der Waals surface area contributed by atoms with Crippen LogP contribution in [0.25, 0.3) is 0 Å². The molecule has 0 aliphatic carbocycles. The second-order valence-corrected chi connectivity index (χ2v) is 4.15. The summed E-state index contributed by atoms with van der Waals surface area (Å²) in [5, 5.41) is 26.4. The maximum Gasteiger partial charge on any atom is 0.333 e. The Morgan fingerprint density at radius 1 is 1.61 bits per heavy atom. The number of aliphatic carboxylic acids is 1.